The van der Waals surface area contributed by atoms with E-state index in [0.29, 0.717) is 5.82 Å². The Morgan fingerprint density at radius 1 is 1.07 bits per heavy atom. The molecule has 2 aliphatic heterocycles. The van der Waals surface area contributed by atoms with Crippen LogP contribution in [0.5, 0.6) is 0 Å². The summed E-state index contributed by atoms with van der Waals surface area (Å²) in [5.41, 5.74) is 10.5. The summed E-state index contributed by atoms with van der Waals surface area (Å²) in [7, 11) is 2.18. The van der Waals surface area contributed by atoms with E-state index in [9.17, 15) is 0 Å². The van der Waals surface area contributed by atoms with Gasteiger partial charge in [0.05, 0.1) is 11.0 Å². The van der Waals surface area contributed by atoms with Crippen molar-refractivity contribution in [1.82, 2.24) is 25.1 Å². The predicted molar refractivity (Wildman–Crippen MR) is 121 cm³/mol. The number of nitrogens with zero attached hydrogens (tertiary/aromatic N) is 4. The highest BCUT2D eigenvalue weighted by molar-refractivity contribution is 6.05. The summed E-state index contributed by atoms with van der Waals surface area (Å²) in [6.07, 6.45) is 0. The quantitative estimate of drug-likeness (QED) is 0.524. The van der Waals surface area contributed by atoms with E-state index in [0.717, 1.165) is 67.4 Å². The van der Waals surface area contributed by atoms with Crippen LogP contribution in [0.4, 0.5) is 5.69 Å². The Kier molecular flexibility index (Phi) is 4.90. The van der Waals surface area contributed by atoms with Gasteiger partial charge < -0.3 is 20.5 Å². The number of aliphatic imine (C=N–C) groups is 1. The van der Waals surface area contributed by atoms with E-state index < -0.39 is 5.79 Å². The van der Waals surface area contributed by atoms with Crippen LogP contribution in [0.1, 0.15) is 11.4 Å². The second-order valence-electron chi connectivity index (χ2n) is 8.07. The molecule has 5 rings (SSSR count). The van der Waals surface area contributed by atoms with Crippen molar-refractivity contribution < 1.29 is 0 Å². The lowest BCUT2D eigenvalue weighted by molar-refractivity contribution is 0.156. The number of likely N-dealkylation sites (N-methyl/N-ethyl adjacent to an activating group) is 1. The van der Waals surface area contributed by atoms with Crippen LogP contribution in [0.3, 0.4) is 0 Å². The number of aromatic nitrogens is 2. The Morgan fingerprint density at radius 3 is 2.67 bits per heavy atom. The number of para-hydroxylation sites is 3. The molecule has 1 aromatic heterocycles. The average Bonchev–Trinajstić information content (AvgIpc) is 3.20. The molecule has 1 saturated heterocycles. The maximum Gasteiger partial charge on any atom is 0.244 e. The van der Waals surface area contributed by atoms with Crippen LogP contribution in [0.2, 0.25) is 0 Å². The van der Waals surface area contributed by atoms with Crippen molar-refractivity contribution >= 4 is 22.6 Å². The molecule has 1 fully saturated rings. The Bertz CT molecular complexity index is 1030. The van der Waals surface area contributed by atoms with Crippen molar-refractivity contribution in [2.75, 3.05) is 51.6 Å². The number of hydrogen-bond acceptors (Lipinski definition) is 7. The first-order chi connectivity index (χ1) is 14.6. The third-order valence-corrected chi connectivity index (χ3v) is 5.86. The van der Waals surface area contributed by atoms with Crippen molar-refractivity contribution in [2.45, 2.75) is 5.79 Å². The molecule has 3 heterocycles. The second-order valence-corrected chi connectivity index (χ2v) is 8.07. The first-order valence-corrected chi connectivity index (χ1v) is 10.5. The molecule has 8 nitrogen and oxygen atoms in total. The van der Waals surface area contributed by atoms with Gasteiger partial charge in [0, 0.05) is 50.5 Å². The number of rotatable bonds is 4. The average molecular weight is 405 g/mol. The van der Waals surface area contributed by atoms with E-state index in [1.54, 1.807) is 0 Å². The Balaban J connectivity index is 1.39. The van der Waals surface area contributed by atoms with Gasteiger partial charge in [0.25, 0.3) is 0 Å². The van der Waals surface area contributed by atoms with Crippen LogP contribution >= 0.6 is 0 Å². The van der Waals surface area contributed by atoms with E-state index >= 15 is 0 Å². The minimum atomic E-state index is -1.16. The highest BCUT2D eigenvalue weighted by atomic mass is 15.3. The van der Waals surface area contributed by atoms with Crippen LogP contribution < -0.4 is 16.4 Å². The molecule has 1 unspecified atom stereocenters. The predicted octanol–water partition coefficient (Wildman–Crippen LogP) is 1.34. The lowest BCUT2D eigenvalue weighted by Gasteiger charge is -2.34. The fraction of sp³-hybridized carbons (Fsp3) is 0.364. The number of hydrogen-bond donors (Lipinski definition) is 4. The zero-order valence-electron chi connectivity index (χ0n) is 17.2. The highest BCUT2D eigenvalue weighted by Gasteiger charge is 2.35. The van der Waals surface area contributed by atoms with Gasteiger partial charge in [-0.05, 0) is 31.3 Å². The number of H-pyrrole nitrogens is 1. The van der Waals surface area contributed by atoms with Gasteiger partial charge in [0.2, 0.25) is 5.79 Å². The molecule has 3 aromatic rings. The topological polar surface area (TPSA) is 97.6 Å². The minimum absolute atomic E-state index is 0.594. The van der Waals surface area contributed by atoms with Gasteiger partial charge in [-0.3, -0.25) is 10.6 Å². The first kappa shape index (κ1) is 19.0. The molecular weight excluding hydrogens is 376 g/mol. The van der Waals surface area contributed by atoms with Crippen LogP contribution in [0, 0.1) is 0 Å². The summed E-state index contributed by atoms with van der Waals surface area (Å²) in [6, 6.07) is 16.0. The van der Waals surface area contributed by atoms with Gasteiger partial charge in [-0.25, -0.2) is 9.98 Å². The Morgan fingerprint density at radius 2 is 1.83 bits per heavy atom. The molecule has 1 atom stereocenters. The molecule has 0 radical (unpaired) electrons. The van der Waals surface area contributed by atoms with Gasteiger partial charge >= 0.3 is 0 Å². The molecular formula is C22H28N8. The van der Waals surface area contributed by atoms with Crippen molar-refractivity contribution in [3.05, 3.63) is 59.9 Å². The molecule has 0 saturated carbocycles. The summed E-state index contributed by atoms with van der Waals surface area (Å²) < 4.78 is 0. The number of anilines is 1. The minimum Gasteiger partial charge on any atom is -0.368 e. The summed E-state index contributed by atoms with van der Waals surface area (Å²) in [5.74, 6) is 0.224. The monoisotopic (exact) mass is 404 g/mol. The zero-order chi connectivity index (χ0) is 20.6. The van der Waals surface area contributed by atoms with Gasteiger partial charge in [0.1, 0.15) is 5.84 Å². The molecule has 0 aliphatic carbocycles. The van der Waals surface area contributed by atoms with Crippen molar-refractivity contribution in [3.63, 3.8) is 0 Å². The normalized spacial score (nSPS) is 22.4. The van der Waals surface area contributed by atoms with E-state index in [1.807, 2.05) is 42.5 Å². The summed E-state index contributed by atoms with van der Waals surface area (Å²) >= 11 is 0. The number of benzene rings is 2. The first-order valence-electron chi connectivity index (χ1n) is 10.5. The number of nitrogens with one attached hydrogen (secondary N) is 3. The van der Waals surface area contributed by atoms with Gasteiger partial charge in [0.15, 0.2) is 5.82 Å². The van der Waals surface area contributed by atoms with E-state index in [1.165, 1.54) is 0 Å². The van der Waals surface area contributed by atoms with Crippen molar-refractivity contribution in [1.29, 1.82) is 0 Å². The van der Waals surface area contributed by atoms with Crippen LogP contribution in [0.25, 0.3) is 11.0 Å². The molecule has 0 amide bonds. The standard InChI is InChI=1S/C22H28N8/c1-29-12-14-30(15-13-29)11-10-24-20-16-6-2-3-7-17(16)27-22(23,28-20)21-25-18-8-4-5-9-19(18)26-21/h2-9,27H,10-15,23H2,1H3,(H,24,28)(H,25,26). The van der Waals surface area contributed by atoms with Crippen molar-refractivity contribution in [2.24, 2.45) is 10.7 Å². The molecule has 156 valence electrons. The lowest BCUT2D eigenvalue weighted by atomic mass is 10.1. The third-order valence-electron chi connectivity index (χ3n) is 5.86. The number of piperazine rings is 1. The lowest BCUT2D eigenvalue weighted by Crippen LogP contribution is -2.50. The molecule has 8 heteroatoms. The molecule has 5 N–H and O–H groups in total. The fourth-order valence-corrected chi connectivity index (χ4v) is 4.05. The summed E-state index contributed by atoms with van der Waals surface area (Å²) in [4.78, 5) is 17.7. The number of fused-ring (bicyclic) bond motifs is 2. The Hall–Kier alpha value is -2.94. The fourth-order valence-electron chi connectivity index (χ4n) is 4.05. The summed E-state index contributed by atoms with van der Waals surface area (Å²) in [6.45, 7) is 6.22. The number of imidazole rings is 1. The van der Waals surface area contributed by atoms with Gasteiger partial charge in [-0.15, -0.1) is 0 Å². The van der Waals surface area contributed by atoms with Crippen LogP contribution in [-0.4, -0.2) is 71.9 Å². The third kappa shape index (κ3) is 3.65. The molecule has 30 heavy (non-hydrogen) atoms. The van der Waals surface area contributed by atoms with E-state index in [2.05, 4.69) is 43.5 Å². The zero-order valence-corrected chi connectivity index (χ0v) is 17.2. The van der Waals surface area contributed by atoms with E-state index in [-0.39, 0.29) is 0 Å². The van der Waals surface area contributed by atoms with Crippen molar-refractivity contribution in [3.8, 4) is 0 Å². The smallest absolute Gasteiger partial charge is 0.244 e. The molecule has 2 aromatic carbocycles. The van der Waals surface area contributed by atoms with Crippen LogP contribution in [-0.2, 0) is 5.79 Å². The second kappa shape index (κ2) is 7.71. The number of aromatic amines is 1. The molecule has 0 bridgehead atoms. The molecule has 0 spiro atoms. The van der Waals surface area contributed by atoms with E-state index in [4.69, 9.17) is 10.7 Å². The number of amidine groups is 1. The molecule has 2 aliphatic rings. The number of nitrogens with two attached hydrogens (primary N) is 1. The van der Waals surface area contributed by atoms with Crippen LogP contribution in [0.15, 0.2) is 53.5 Å². The Labute approximate surface area is 176 Å². The van der Waals surface area contributed by atoms with Gasteiger partial charge in [-0.2, -0.15) is 0 Å². The SMILES string of the molecule is CN1CCN(CCNC2=NC(N)(c3nc4ccccc4[nH]3)Nc3ccccc32)CC1. The maximum atomic E-state index is 6.73. The maximum absolute atomic E-state index is 6.73. The largest absolute Gasteiger partial charge is 0.368 e. The highest BCUT2D eigenvalue weighted by Crippen LogP contribution is 2.30. The summed E-state index contributed by atoms with van der Waals surface area (Å²) in [5, 5.41) is 6.89. The van der Waals surface area contributed by atoms with Gasteiger partial charge in [-0.1, -0.05) is 24.3 Å².